The van der Waals surface area contributed by atoms with Crippen molar-refractivity contribution in [2.45, 2.75) is 69.4 Å². The Hall–Kier alpha value is -2.24. The highest BCUT2D eigenvalue weighted by Gasteiger charge is 2.30. The summed E-state index contributed by atoms with van der Waals surface area (Å²) in [5, 5.41) is 4.64. The van der Waals surface area contributed by atoms with E-state index in [0.717, 1.165) is 36.7 Å². The molecule has 136 valence electrons. The van der Waals surface area contributed by atoms with Crippen LogP contribution in [0.15, 0.2) is 29.2 Å². The van der Waals surface area contributed by atoms with Crippen molar-refractivity contribution in [2.24, 2.45) is 0 Å². The summed E-state index contributed by atoms with van der Waals surface area (Å²) in [5.74, 6) is 3.10. The number of nitrogens with zero attached hydrogens (tertiary/aromatic N) is 5. The van der Waals surface area contributed by atoms with Crippen LogP contribution in [0.1, 0.15) is 68.3 Å². The van der Waals surface area contributed by atoms with Gasteiger partial charge in [-0.15, -0.1) is 0 Å². The highest BCUT2D eigenvalue weighted by Crippen LogP contribution is 2.38. The summed E-state index contributed by atoms with van der Waals surface area (Å²) in [6.07, 6.45) is 10.2. The fourth-order valence-electron chi connectivity index (χ4n) is 4.11. The highest BCUT2D eigenvalue weighted by molar-refractivity contribution is 5.40. The van der Waals surface area contributed by atoms with Crippen molar-refractivity contribution in [1.29, 1.82) is 0 Å². The molecule has 0 amide bonds. The zero-order valence-corrected chi connectivity index (χ0v) is 15.0. The molecule has 2 aromatic heterocycles. The molecule has 3 aliphatic rings. The molecule has 5 rings (SSSR count). The molecule has 0 spiro atoms. The van der Waals surface area contributed by atoms with Gasteiger partial charge in [0, 0.05) is 30.6 Å². The van der Waals surface area contributed by atoms with Crippen molar-refractivity contribution < 1.29 is 0 Å². The van der Waals surface area contributed by atoms with E-state index in [1.54, 1.807) is 10.7 Å². The number of aromatic nitrogens is 4. The van der Waals surface area contributed by atoms with Gasteiger partial charge in [-0.1, -0.05) is 6.42 Å². The van der Waals surface area contributed by atoms with Gasteiger partial charge in [0.25, 0.3) is 5.56 Å². The van der Waals surface area contributed by atoms with Gasteiger partial charge in [-0.05, 0) is 50.7 Å². The number of rotatable bonds is 5. The Balaban J connectivity index is 1.37. The summed E-state index contributed by atoms with van der Waals surface area (Å²) in [6.45, 7) is 1.63. The van der Waals surface area contributed by atoms with E-state index in [1.165, 1.54) is 32.1 Å². The lowest BCUT2D eigenvalue weighted by Crippen LogP contribution is -2.37. The van der Waals surface area contributed by atoms with E-state index < -0.39 is 0 Å². The van der Waals surface area contributed by atoms with Crippen molar-refractivity contribution >= 4 is 5.82 Å². The van der Waals surface area contributed by atoms with Gasteiger partial charge in [0.1, 0.15) is 11.6 Å². The zero-order valence-electron chi connectivity index (χ0n) is 15.0. The van der Waals surface area contributed by atoms with Gasteiger partial charge in [-0.2, -0.15) is 5.10 Å². The first-order valence-electron chi connectivity index (χ1n) is 9.95. The zero-order chi connectivity index (χ0) is 17.5. The molecule has 6 nitrogen and oxygen atoms in total. The third-order valence-corrected chi connectivity index (χ3v) is 6.07. The number of hydrogen-bond donors (Lipinski definition) is 0. The predicted octanol–water partition coefficient (Wildman–Crippen LogP) is 2.85. The molecule has 1 unspecified atom stereocenters. The molecule has 3 heterocycles. The maximum Gasteiger partial charge on any atom is 0.266 e. The largest absolute Gasteiger partial charge is 0.352 e. The van der Waals surface area contributed by atoms with Crippen LogP contribution >= 0.6 is 0 Å². The lowest BCUT2D eigenvalue weighted by Gasteiger charge is -2.28. The lowest BCUT2D eigenvalue weighted by atomic mass is 9.85. The average Bonchev–Trinajstić information content (AvgIpc) is 3.35. The van der Waals surface area contributed by atoms with Gasteiger partial charge >= 0.3 is 0 Å². The Morgan fingerprint density at radius 2 is 1.88 bits per heavy atom. The van der Waals surface area contributed by atoms with Crippen LogP contribution in [-0.4, -0.2) is 32.3 Å². The topological polar surface area (TPSA) is 63.9 Å². The molecule has 0 N–H and O–H groups in total. The first-order valence-corrected chi connectivity index (χ1v) is 9.95. The molecule has 3 fully saturated rings. The van der Waals surface area contributed by atoms with Gasteiger partial charge in [0.2, 0.25) is 0 Å². The molecular weight excluding hydrogens is 326 g/mol. The molecule has 1 atom stereocenters. The summed E-state index contributed by atoms with van der Waals surface area (Å²) in [5.41, 5.74) is 1.07. The second-order valence-electron chi connectivity index (χ2n) is 7.94. The van der Waals surface area contributed by atoms with Crippen LogP contribution in [0.2, 0.25) is 0 Å². The first kappa shape index (κ1) is 16.0. The van der Waals surface area contributed by atoms with Crippen LogP contribution in [-0.2, 0) is 6.54 Å². The summed E-state index contributed by atoms with van der Waals surface area (Å²) in [4.78, 5) is 24.0. The predicted molar refractivity (Wildman–Crippen MR) is 99.5 cm³/mol. The fraction of sp³-hybridized carbons (Fsp3) is 0.600. The molecule has 0 radical (unpaired) electrons. The second kappa shape index (κ2) is 6.49. The molecule has 1 saturated heterocycles. The minimum absolute atomic E-state index is 0.000838. The van der Waals surface area contributed by atoms with Crippen LogP contribution in [0, 0.1) is 0 Å². The monoisotopic (exact) mass is 351 g/mol. The summed E-state index contributed by atoms with van der Waals surface area (Å²) < 4.78 is 1.67. The number of anilines is 1. The minimum Gasteiger partial charge on any atom is -0.352 e. The minimum atomic E-state index is -0.000838. The fourth-order valence-corrected chi connectivity index (χ4v) is 4.11. The molecule has 0 bridgehead atoms. The summed E-state index contributed by atoms with van der Waals surface area (Å²) in [7, 11) is 0. The van der Waals surface area contributed by atoms with E-state index in [9.17, 15) is 4.79 Å². The van der Waals surface area contributed by atoms with E-state index in [1.807, 2.05) is 18.3 Å². The van der Waals surface area contributed by atoms with Gasteiger partial charge in [-0.25, -0.2) is 14.6 Å². The Morgan fingerprint density at radius 3 is 2.65 bits per heavy atom. The van der Waals surface area contributed by atoms with Crippen molar-refractivity contribution in [3.8, 4) is 0 Å². The normalized spacial score (nSPS) is 23.2. The Morgan fingerprint density at radius 1 is 1.00 bits per heavy atom. The van der Waals surface area contributed by atoms with Crippen molar-refractivity contribution in [1.82, 2.24) is 19.7 Å². The number of hydrogen-bond acceptors (Lipinski definition) is 5. The van der Waals surface area contributed by atoms with Crippen LogP contribution in [0.3, 0.4) is 0 Å². The first-order chi connectivity index (χ1) is 12.8. The van der Waals surface area contributed by atoms with E-state index in [-0.39, 0.29) is 11.6 Å². The smallest absolute Gasteiger partial charge is 0.266 e. The van der Waals surface area contributed by atoms with E-state index >= 15 is 0 Å². The third-order valence-electron chi connectivity index (χ3n) is 6.07. The Bertz CT molecular complexity index is 855. The Kier molecular flexibility index (Phi) is 3.98. The molecule has 6 heteroatoms. The van der Waals surface area contributed by atoms with Gasteiger partial charge < -0.3 is 4.90 Å². The molecule has 26 heavy (non-hydrogen) atoms. The van der Waals surface area contributed by atoms with Gasteiger partial charge in [0.15, 0.2) is 0 Å². The molecule has 2 aliphatic carbocycles. The summed E-state index contributed by atoms with van der Waals surface area (Å²) in [6, 6.07) is 5.87. The maximum absolute atomic E-state index is 12.3. The maximum atomic E-state index is 12.3. The van der Waals surface area contributed by atoms with E-state index in [4.69, 9.17) is 4.98 Å². The molecule has 2 aromatic rings. The quantitative estimate of drug-likeness (QED) is 0.829. The molecule has 2 saturated carbocycles. The average molecular weight is 351 g/mol. The van der Waals surface area contributed by atoms with Crippen molar-refractivity contribution in [3.05, 3.63) is 46.3 Å². The highest BCUT2D eigenvalue weighted by atomic mass is 16.1. The standard InChI is InChI=1S/C20H25N5O/c26-19-9-8-17(14-6-7-14)23-25(19)13-16-5-2-12-24(16)18-10-11-21-20(22-18)15-3-1-4-15/h8-11,14-16H,1-7,12-13H2. The van der Waals surface area contributed by atoms with Crippen LogP contribution in [0.5, 0.6) is 0 Å². The third kappa shape index (κ3) is 3.02. The second-order valence-corrected chi connectivity index (χ2v) is 7.94. The van der Waals surface area contributed by atoms with Crippen molar-refractivity contribution in [2.75, 3.05) is 11.4 Å². The van der Waals surface area contributed by atoms with E-state index in [2.05, 4.69) is 15.0 Å². The SMILES string of the molecule is O=c1ccc(C2CC2)nn1CC1CCCN1c1ccnc(C2CCC2)n1. The summed E-state index contributed by atoms with van der Waals surface area (Å²) >= 11 is 0. The van der Waals surface area contributed by atoms with Gasteiger partial charge in [0.05, 0.1) is 18.3 Å². The van der Waals surface area contributed by atoms with Crippen LogP contribution in [0.4, 0.5) is 5.82 Å². The molecular formula is C20H25N5O. The van der Waals surface area contributed by atoms with Crippen LogP contribution in [0.25, 0.3) is 0 Å². The van der Waals surface area contributed by atoms with Crippen LogP contribution < -0.4 is 10.5 Å². The van der Waals surface area contributed by atoms with E-state index in [0.29, 0.717) is 18.4 Å². The molecule has 1 aliphatic heterocycles. The lowest BCUT2D eigenvalue weighted by molar-refractivity contribution is 0.400. The van der Waals surface area contributed by atoms with Gasteiger partial charge in [-0.3, -0.25) is 4.79 Å². The van der Waals surface area contributed by atoms with Crippen molar-refractivity contribution in [3.63, 3.8) is 0 Å². The Labute approximate surface area is 153 Å². The molecule has 0 aromatic carbocycles.